The first kappa shape index (κ1) is 20.3. The molecule has 0 unspecified atom stereocenters. The highest BCUT2D eigenvalue weighted by atomic mass is 16.5. The van der Waals surface area contributed by atoms with Gasteiger partial charge in [0, 0.05) is 26.3 Å². The maximum atomic E-state index is 12.4. The molecule has 0 spiro atoms. The molecule has 9 heteroatoms. The van der Waals surface area contributed by atoms with Crippen molar-refractivity contribution in [2.75, 3.05) is 6.54 Å². The predicted octanol–water partition coefficient (Wildman–Crippen LogP) is 1.76. The van der Waals surface area contributed by atoms with Crippen LogP contribution in [0.15, 0.2) is 4.52 Å². The average molecular weight is 392 g/mol. The van der Waals surface area contributed by atoms with Gasteiger partial charge in [0.15, 0.2) is 5.82 Å². The minimum absolute atomic E-state index is 0.124. The first-order valence-corrected chi connectivity index (χ1v) is 10.1. The zero-order valence-electron chi connectivity index (χ0n) is 16.3. The van der Waals surface area contributed by atoms with Crippen LogP contribution < -0.4 is 5.32 Å². The van der Waals surface area contributed by atoms with Gasteiger partial charge in [-0.15, -0.1) is 0 Å². The van der Waals surface area contributed by atoms with Crippen LogP contribution in [-0.4, -0.2) is 50.5 Å². The number of carbonyl (C=O) groups is 3. The summed E-state index contributed by atoms with van der Waals surface area (Å²) < 4.78 is 5.35. The van der Waals surface area contributed by atoms with Crippen LogP contribution in [0.4, 0.5) is 0 Å². The van der Waals surface area contributed by atoms with Gasteiger partial charge in [0.2, 0.25) is 17.7 Å². The Morgan fingerprint density at radius 2 is 1.93 bits per heavy atom. The van der Waals surface area contributed by atoms with Crippen molar-refractivity contribution in [3.8, 4) is 0 Å². The van der Waals surface area contributed by atoms with Crippen LogP contribution in [0.3, 0.4) is 0 Å². The number of carbonyl (C=O) groups excluding carboxylic acids is 2. The summed E-state index contributed by atoms with van der Waals surface area (Å²) in [5.74, 6) is -0.496. The molecule has 1 atom stereocenters. The van der Waals surface area contributed by atoms with Gasteiger partial charge in [-0.2, -0.15) is 4.98 Å². The van der Waals surface area contributed by atoms with Crippen molar-refractivity contribution in [3.63, 3.8) is 0 Å². The van der Waals surface area contributed by atoms with E-state index in [1.807, 2.05) is 0 Å². The molecule has 154 valence electrons. The van der Waals surface area contributed by atoms with Crippen LogP contribution in [-0.2, 0) is 26.3 Å². The lowest BCUT2D eigenvalue weighted by atomic mass is 9.89. The van der Waals surface area contributed by atoms with Gasteiger partial charge in [0.25, 0.3) is 0 Å². The Morgan fingerprint density at radius 3 is 2.57 bits per heavy atom. The Morgan fingerprint density at radius 1 is 1.21 bits per heavy atom. The molecule has 0 bridgehead atoms. The van der Waals surface area contributed by atoms with Crippen molar-refractivity contribution in [2.45, 2.75) is 82.7 Å². The molecule has 1 saturated carbocycles. The number of nitrogens with one attached hydrogen (secondary N) is 1. The second kappa shape index (κ2) is 8.70. The number of carboxylic acids is 1. The monoisotopic (exact) mass is 392 g/mol. The van der Waals surface area contributed by atoms with Crippen molar-refractivity contribution in [1.29, 1.82) is 0 Å². The molecular formula is C19H28N4O5. The second-order valence-electron chi connectivity index (χ2n) is 7.77. The molecule has 2 N–H and O–H groups in total. The summed E-state index contributed by atoms with van der Waals surface area (Å²) in [5, 5.41) is 16.4. The number of amides is 2. The van der Waals surface area contributed by atoms with E-state index in [9.17, 15) is 19.5 Å². The average Bonchev–Trinajstić information content (AvgIpc) is 3.26. The first-order valence-electron chi connectivity index (χ1n) is 10.1. The summed E-state index contributed by atoms with van der Waals surface area (Å²) in [6.45, 7) is 1.96. The molecule has 2 fully saturated rings. The third kappa shape index (κ3) is 4.51. The Kier molecular flexibility index (Phi) is 6.31. The van der Waals surface area contributed by atoms with E-state index in [1.165, 1.54) is 11.8 Å². The maximum Gasteiger partial charge on any atom is 0.326 e. The quantitative estimate of drug-likeness (QED) is 0.707. The van der Waals surface area contributed by atoms with Crippen LogP contribution in [0.25, 0.3) is 0 Å². The number of carboxylic acid groups (broad SMARTS) is 1. The van der Waals surface area contributed by atoms with Gasteiger partial charge in [-0.3, -0.25) is 9.59 Å². The highest BCUT2D eigenvalue weighted by Crippen LogP contribution is 2.34. The fourth-order valence-electron chi connectivity index (χ4n) is 4.30. The molecule has 0 aromatic carbocycles. The first-order chi connectivity index (χ1) is 13.4. The Bertz CT molecular complexity index is 724. The number of likely N-dealkylation sites (tertiary alicyclic amines) is 1. The van der Waals surface area contributed by atoms with E-state index in [1.54, 1.807) is 0 Å². The molecule has 1 aromatic heterocycles. The normalized spacial score (nSPS) is 21.9. The lowest BCUT2D eigenvalue weighted by Crippen LogP contribution is -2.45. The van der Waals surface area contributed by atoms with Gasteiger partial charge < -0.3 is 19.8 Å². The van der Waals surface area contributed by atoms with Gasteiger partial charge >= 0.3 is 5.97 Å². The van der Waals surface area contributed by atoms with Crippen molar-refractivity contribution < 1.29 is 24.0 Å². The molecular weight excluding hydrogens is 364 g/mol. The topological polar surface area (TPSA) is 126 Å². The van der Waals surface area contributed by atoms with Gasteiger partial charge in [-0.05, 0) is 25.7 Å². The van der Waals surface area contributed by atoms with Crippen LogP contribution in [0.5, 0.6) is 0 Å². The molecule has 0 radical (unpaired) electrons. The van der Waals surface area contributed by atoms with Crippen molar-refractivity contribution in [1.82, 2.24) is 20.4 Å². The molecule has 2 aliphatic rings. The fraction of sp³-hybridized carbons (Fsp3) is 0.737. The summed E-state index contributed by atoms with van der Waals surface area (Å²) in [6.07, 6.45) is 7.28. The lowest BCUT2D eigenvalue weighted by molar-refractivity contribution is -0.148. The summed E-state index contributed by atoms with van der Waals surface area (Å²) in [4.78, 5) is 41.3. The SMILES string of the molecule is CC(=O)NC1(c2noc(CCC(=O)N3CCC[C@@H]3C(=O)O)n2)CCCCCC1. The molecule has 28 heavy (non-hydrogen) atoms. The maximum absolute atomic E-state index is 12.4. The predicted molar refractivity (Wildman–Crippen MR) is 98.2 cm³/mol. The Labute approximate surface area is 163 Å². The summed E-state index contributed by atoms with van der Waals surface area (Å²) in [5.41, 5.74) is -0.614. The van der Waals surface area contributed by atoms with E-state index in [0.29, 0.717) is 31.1 Å². The zero-order valence-corrected chi connectivity index (χ0v) is 16.3. The van der Waals surface area contributed by atoms with Crippen LogP contribution in [0.1, 0.15) is 76.4 Å². The molecule has 2 amide bonds. The number of hydrogen-bond donors (Lipinski definition) is 2. The number of aryl methyl sites for hydroxylation is 1. The largest absolute Gasteiger partial charge is 0.480 e. The Hall–Kier alpha value is -2.45. The van der Waals surface area contributed by atoms with E-state index < -0.39 is 17.6 Å². The summed E-state index contributed by atoms with van der Waals surface area (Å²) in [7, 11) is 0. The molecule has 9 nitrogen and oxygen atoms in total. The van der Waals surface area contributed by atoms with Gasteiger partial charge in [0.05, 0.1) is 0 Å². The minimum Gasteiger partial charge on any atom is -0.480 e. The number of rotatable bonds is 6. The highest BCUT2D eigenvalue weighted by molar-refractivity contribution is 5.84. The highest BCUT2D eigenvalue weighted by Gasteiger charge is 2.38. The van der Waals surface area contributed by atoms with Crippen molar-refractivity contribution in [2.24, 2.45) is 0 Å². The third-order valence-corrected chi connectivity index (χ3v) is 5.68. The van der Waals surface area contributed by atoms with Gasteiger partial charge in [0.1, 0.15) is 11.6 Å². The van der Waals surface area contributed by atoms with Crippen molar-refractivity contribution >= 4 is 17.8 Å². The van der Waals surface area contributed by atoms with Crippen molar-refractivity contribution in [3.05, 3.63) is 11.7 Å². The van der Waals surface area contributed by atoms with E-state index in [2.05, 4.69) is 15.5 Å². The molecule has 1 saturated heterocycles. The Balaban J connectivity index is 1.66. The number of nitrogens with zero attached hydrogens (tertiary/aromatic N) is 3. The minimum atomic E-state index is -0.962. The van der Waals surface area contributed by atoms with Crippen LogP contribution in [0, 0.1) is 0 Å². The standard InChI is InChI=1S/C19H28N4O5/c1-13(24)21-19(10-4-2-3-5-11-19)18-20-15(28-22-18)8-9-16(25)23-12-6-7-14(23)17(26)27/h14H,2-12H2,1H3,(H,21,24)(H,26,27)/t14-/m1/s1. The molecule has 2 heterocycles. The van der Waals surface area contributed by atoms with Gasteiger partial charge in [-0.25, -0.2) is 4.79 Å². The number of aliphatic carboxylic acids is 1. The smallest absolute Gasteiger partial charge is 0.326 e. The fourth-order valence-corrected chi connectivity index (χ4v) is 4.30. The van der Waals surface area contributed by atoms with E-state index in [0.717, 1.165) is 38.5 Å². The van der Waals surface area contributed by atoms with Gasteiger partial charge in [-0.1, -0.05) is 30.8 Å². The number of aromatic nitrogens is 2. The lowest BCUT2D eigenvalue weighted by Gasteiger charge is -2.30. The number of hydrogen-bond acceptors (Lipinski definition) is 6. The van der Waals surface area contributed by atoms with E-state index >= 15 is 0 Å². The summed E-state index contributed by atoms with van der Waals surface area (Å²) in [6, 6.07) is -0.736. The van der Waals surface area contributed by atoms with E-state index in [4.69, 9.17) is 4.52 Å². The third-order valence-electron chi connectivity index (χ3n) is 5.68. The summed E-state index contributed by atoms with van der Waals surface area (Å²) >= 11 is 0. The zero-order chi connectivity index (χ0) is 20.1. The van der Waals surface area contributed by atoms with Crippen LogP contribution >= 0.6 is 0 Å². The molecule has 1 aromatic rings. The molecule has 3 rings (SSSR count). The second-order valence-corrected chi connectivity index (χ2v) is 7.77. The molecule has 1 aliphatic carbocycles. The van der Waals surface area contributed by atoms with Crippen LogP contribution in [0.2, 0.25) is 0 Å². The molecule has 1 aliphatic heterocycles. The van der Waals surface area contributed by atoms with E-state index in [-0.39, 0.29) is 24.7 Å².